The van der Waals surface area contributed by atoms with Gasteiger partial charge in [-0.25, -0.2) is 4.79 Å². The molecule has 0 aliphatic carbocycles. The third kappa shape index (κ3) is 2.26. The van der Waals surface area contributed by atoms with E-state index in [1.165, 1.54) is 0 Å². The molecule has 1 atom stereocenters. The number of esters is 1. The smallest absolute Gasteiger partial charge is 0.339 e. The maximum atomic E-state index is 12.4. The molecule has 24 heavy (non-hydrogen) atoms. The van der Waals surface area contributed by atoms with Crippen LogP contribution in [0.2, 0.25) is 0 Å². The van der Waals surface area contributed by atoms with Crippen molar-refractivity contribution in [1.29, 1.82) is 0 Å². The molecule has 0 saturated carbocycles. The predicted molar refractivity (Wildman–Crippen MR) is 90.9 cm³/mol. The summed E-state index contributed by atoms with van der Waals surface area (Å²) >= 11 is 0. The number of fused-ring (bicyclic) bond motifs is 1. The van der Waals surface area contributed by atoms with Crippen LogP contribution in [0.25, 0.3) is 0 Å². The van der Waals surface area contributed by atoms with Gasteiger partial charge in [-0.3, -0.25) is 0 Å². The lowest BCUT2D eigenvalue weighted by atomic mass is 9.81. The van der Waals surface area contributed by atoms with Crippen LogP contribution in [0.4, 0.5) is 0 Å². The first-order valence-electron chi connectivity index (χ1n) is 7.85. The molecule has 1 aliphatic rings. The Morgan fingerprint density at radius 3 is 2.25 bits per heavy atom. The number of ether oxygens (including phenoxy) is 1. The van der Waals surface area contributed by atoms with E-state index < -0.39 is 5.60 Å². The molecule has 0 aromatic heterocycles. The highest BCUT2D eigenvalue weighted by Crippen LogP contribution is 2.44. The van der Waals surface area contributed by atoms with Gasteiger partial charge in [0.1, 0.15) is 5.75 Å². The maximum Gasteiger partial charge on any atom is 0.339 e. The van der Waals surface area contributed by atoms with Gasteiger partial charge >= 0.3 is 5.97 Å². The van der Waals surface area contributed by atoms with Gasteiger partial charge in [-0.1, -0.05) is 60.7 Å². The van der Waals surface area contributed by atoms with E-state index in [2.05, 4.69) is 0 Å². The molecule has 1 aliphatic heterocycles. The number of phenolic OH excluding ortho intramolecular Hbond substituents is 1. The molecule has 0 radical (unpaired) electrons. The van der Waals surface area contributed by atoms with Gasteiger partial charge in [0.25, 0.3) is 0 Å². The minimum absolute atomic E-state index is 0.186. The van der Waals surface area contributed by atoms with Crippen LogP contribution in [0.5, 0.6) is 5.75 Å². The van der Waals surface area contributed by atoms with E-state index in [4.69, 9.17) is 4.74 Å². The van der Waals surface area contributed by atoms with Crippen molar-refractivity contribution in [3.8, 4) is 5.75 Å². The zero-order valence-electron chi connectivity index (χ0n) is 13.0. The Kier molecular flexibility index (Phi) is 3.35. The second kappa shape index (κ2) is 5.53. The Morgan fingerprint density at radius 2 is 1.50 bits per heavy atom. The first kappa shape index (κ1) is 14.5. The summed E-state index contributed by atoms with van der Waals surface area (Å²) < 4.78 is 5.93. The zero-order chi connectivity index (χ0) is 16.6. The summed E-state index contributed by atoms with van der Waals surface area (Å²) in [6, 6.07) is 24.3. The quantitative estimate of drug-likeness (QED) is 0.742. The van der Waals surface area contributed by atoms with Gasteiger partial charge in [-0.05, 0) is 23.8 Å². The summed E-state index contributed by atoms with van der Waals surface area (Å²) in [6.07, 6.45) is 0.543. The molecular formula is C21H16O3. The van der Waals surface area contributed by atoms with Crippen LogP contribution in [-0.4, -0.2) is 11.1 Å². The summed E-state index contributed by atoms with van der Waals surface area (Å²) in [5.41, 5.74) is 2.52. The predicted octanol–water partition coefficient (Wildman–Crippen LogP) is 4.05. The number of hydrogen-bond donors (Lipinski definition) is 1. The third-order valence-corrected chi connectivity index (χ3v) is 4.48. The Balaban J connectivity index is 1.91. The Bertz CT molecular complexity index is 884. The van der Waals surface area contributed by atoms with E-state index in [0.29, 0.717) is 12.0 Å². The normalized spacial score (nSPS) is 18.9. The van der Waals surface area contributed by atoms with Gasteiger partial charge in [0.05, 0.1) is 5.56 Å². The maximum absolute atomic E-state index is 12.4. The third-order valence-electron chi connectivity index (χ3n) is 4.48. The highest BCUT2D eigenvalue weighted by Gasteiger charge is 2.46. The van der Waals surface area contributed by atoms with E-state index in [9.17, 15) is 9.90 Å². The molecule has 1 heterocycles. The number of phenols is 1. The highest BCUT2D eigenvalue weighted by atomic mass is 16.6. The van der Waals surface area contributed by atoms with E-state index in [-0.39, 0.29) is 11.7 Å². The van der Waals surface area contributed by atoms with Crippen LogP contribution in [0.3, 0.4) is 0 Å². The van der Waals surface area contributed by atoms with Crippen molar-refractivity contribution in [3.05, 3.63) is 101 Å². The number of carbonyl (C=O) groups excluding carboxylic acids is 1. The van der Waals surface area contributed by atoms with Gasteiger partial charge in [0, 0.05) is 17.5 Å². The number of aromatic hydroxyl groups is 1. The molecule has 3 heteroatoms. The summed E-state index contributed by atoms with van der Waals surface area (Å²) in [6.45, 7) is 0. The average Bonchev–Trinajstić information content (AvgIpc) is 2.90. The number of rotatable bonds is 3. The fourth-order valence-corrected chi connectivity index (χ4v) is 3.34. The molecule has 0 spiro atoms. The minimum Gasteiger partial charge on any atom is -0.508 e. The van der Waals surface area contributed by atoms with Crippen molar-refractivity contribution in [1.82, 2.24) is 0 Å². The molecule has 1 N–H and O–H groups in total. The van der Waals surface area contributed by atoms with E-state index in [1.807, 2.05) is 60.7 Å². The molecule has 3 aromatic carbocycles. The minimum atomic E-state index is -0.872. The molecule has 3 aromatic rings. The van der Waals surface area contributed by atoms with Gasteiger partial charge in [0.2, 0.25) is 0 Å². The monoisotopic (exact) mass is 316 g/mol. The van der Waals surface area contributed by atoms with Gasteiger partial charge in [-0.15, -0.1) is 0 Å². The van der Waals surface area contributed by atoms with Crippen LogP contribution in [0, 0.1) is 0 Å². The molecule has 0 amide bonds. The summed E-state index contributed by atoms with van der Waals surface area (Å²) in [5.74, 6) is -0.124. The topological polar surface area (TPSA) is 46.5 Å². The summed E-state index contributed by atoms with van der Waals surface area (Å²) in [5, 5.41) is 9.61. The van der Waals surface area contributed by atoms with Crippen LogP contribution < -0.4 is 0 Å². The largest absolute Gasteiger partial charge is 0.508 e. The van der Waals surface area contributed by atoms with E-state index in [1.54, 1.807) is 18.2 Å². The average molecular weight is 316 g/mol. The van der Waals surface area contributed by atoms with Crippen LogP contribution in [-0.2, 0) is 16.8 Å². The Hall–Kier alpha value is -3.07. The molecule has 1 unspecified atom stereocenters. The molecule has 3 nitrogen and oxygen atoms in total. The van der Waals surface area contributed by atoms with Crippen LogP contribution in [0.1, 0.15) is 27.0 Å². The number of cyclic esters (lactones) is 1. The molecule has 0 fully saturated rings. The zero-order valence-corrected chi connectivity index (χ0v) is 13.0. The Morgan fingerprint density at radius 1 is 0.833 bits per heavy atom. The van der Waals surface area contributed by atoms with Crippen LogP contribution >= 0.6 is 0 Å². The second-order valence-electron chi connectivity index (χ2n) is 5.97. The van der Waals surface area contributed by atoms with Gasteiger partial charge in [0.15, 0.2) is 5.60 Å². The summed E-state index contributed by atoms with van der Waals surface area (Å²) in [7, 11) is 0. The van der Waals surface area contributed by atoms with Crippen molar-refractivity contribution in [2.75, 3.05) is 0 Å². The lowest BCUT2D eigenvalue weighted by Crippen LogP contribution is -2.30. The van der Waals surface area contributed by atoms with E-state index >= 15 is 0 Å². The lowest BCUT2D eigenvalue weighted by Gasteiger charge is -2.30. The van der Waals surface area contributed by atoms with Gasteiger partial charge in [-0.2, -0.15) is 0 Å². The second-order valence-corrected chi connectivity index (χ2v) is 5.97. The standard InChI is InChI=1S/C21H16O3/c22-17-12-10-16(11-13-17)21(14-15-6-2-1-3-7-15)19-9-5-4-8-18(19)20(23)24-21/h1-13,22H,14H2. The van der Waals surface area contributed by atoms with Crippen LogP contribution in [0.15, 0.2) is 78.9 Å². The van der Waals surface area contributed by atoms with Crippen molar-refractivity contribution < 1.29 is 14.6 Å². The molecule has 118 valence electrons. The summed E-state index contributed by atoms with van der Waals surface area (Å²) in [4.78, 5) is 12.4. The van der Waals surface area contributed by atoms with Crippen molar-refractivity contribution >= 4 is 5.97 Å². The molecule has 0 bridgehead atoms. The fraction of sp³-hybridized carbons (Fsp3) is 0.0952. The number of carbonyl (C=O) groups is 1. The van der Waals surface area contributed by atoms with Gasteiger partial charge < -0.3 is 9.84 Å². The van der Waals surface area contributed by atoms with Crippen molar-refractivity contribution in [2.45, 2.75) is 12.0 Å². The van der Waals surface area contributed by atoms with E-state index in [0.717, 1.165) is 16.7 Å². The first-order valence-corrected chi connectivity index (χ1v) is 7.85. The molecule has 4 rings (SSSR count). The SMILES string of the molecule is O=C1OC(Cc2ccccc2)(c2ccc(O)cc2)c2ccccc21. The fourth-order valence-electron chi connectivity index (χ4n) is 3.34. The first-order chi connectivity index (χ1) is 11.7. The number of benzene rings is 3. The Labute approximate surface area is 140 Å². The van der Waals surface area contributed by atoms with Crippen molar-refractivity contribution in [2.24, 2.45) is 0 Å². The molecule has 0 saturated heterocycles. The van der Waals surface area contributed by atoms with Crippen molar-refractivity contribution in [3.63, 3.8) is 0 Å². The number of hydrogen-bond acceptors (Lipinski definition) is 3. The lowest BCUT2D eigenvalue weighted by molar-refractivity contribution is 0.0109. The highest BCUT2D eigenvalue weighted by molar-refractivity contribution is 5.95. The molecular weight excluding hydrogens is 300 g/mol.